The fourth-order valence-corrected chi connectivity index (χ4v) is 3.02. The zero-order valence-corrected chi connectivity index (χ0v) is 14.1. The van der Waals surface area contributed by atoms with Crippen LogP contribution in [0.4, 0.5) is 10.2 Å². The SMILES string of the molecule is CC(C)[C@H](CO)NC(=O)[C@H]1CC(=O)N(c2n[nH]c3cccc(F)c23)C1. The second-order valence-electron chi connectivity index (χ2n) is 6.66. The number of aromatic amines is 1. The van der Waals surface area contributed by atoms with Gasteiger partial charge in [-0.25, -0.2) is 4.39 Å². The summed E-state index contributed by atoms with van der Waals surface area (Å²) in [6.45, 7) is 3.76. The Morgan fingerprint density at radius 2 is 2.28 bits per heavy atom. The standard InChI is InChI=1S/C17H21FN4O3/c1-9(2)13(8-23)19-17(25)10-6-14(24)22(7-10)16-15-11(18)4-3-5-12(15)20-21-16/h3-5,9-10,13,23H,6-8H2,1-2H3,(H,19,25)(H,20,21)/t10-,13-/m0/s1. The van der Waals surface area contributed by atoms with Gasteiger partial charge in [0, 0.05) is 13.0 Å². The summed E-state index contributed by atoms with van der Waals surface area (Å²) in [5.74, 6) is -1.31. The monoisotopic (exact) mass is 348 g/mol. The van der Waals surface area contributed by atoms with E-state index in [1.54, 1.807) is 12.1 Å². The van der Waals surface area contributed by atoms with Crippen LogP contribution in [0.1, 0.15) is 20.3 Å². The van der Waals surface area contributed by atoms with E-state index in [4.69, 9.17) is 0 Å². The Bertz CT molecular complexity index is 804. The first kappa shape index (κ1) is 17.3. The van der Waals surface area contributed by atoms with Crippen LogP contribution in [0.5, 0.6) is 0 Å². The van der Waals surface area contributed by atoms with E-state index in [9.17, 15) is 19.1 Å². The van der Waals surface area contributed by atoms with E-state index in [0.717, 1.165) is 0 Å². The van der Waals surface area contributed by atoms with Gasteiger partial charge < -0.3 is 10.4 Å². The first-order valence-electron chi connectivity index (χ1n) is 8.26. The van der Waals surface area contributed by atoms with Crippen LogP contribution in [-0.2, 0) is 9.59 Å². The maximum absolute atomic E-state index is 14.1. The maximum atomic E-state index is 14.1. The number of carbonyl (C=O) groups is 2. The molecule has 1 saturated heterocycles. The van der Waals surface area contributed by atoms with Gasteiger partial charge in [-0.15, -0.1) is 0 Å². The molecule has 2 amide bonds. The number of amides is 2. The van der Waals surface area contributed by atoms with E-state index in [1.807, 2.05) is 13.8 Å². The van der Waals surface area contributed by atoms with Crippen molar-refractivity contribution in [2.75, 3.05) is 18.1 Å². The highest BCUT2D eigenvalue weighted by molar-refractivity contribution is 6.05. The predicted molar refractivity (Wildman–Crippen MR) is 90.4 cm³/mol. The van der Waals surface area contributed by atoms with Crippen LogP contribution in [-0.4, -0.2) is 46.3 Å². The minimum absolute atomic E-state index is 0.0326. The number of H-pyrrole nitrogens is 1. The Kier molecular flexibility index (Phi) is 4.71. The third-order valence-electron chi connectivity index (χ3n) is 4.60. The van der Waals surface area contributed by atoms with E-state index in [-0.39, 0.29) is 54.6 Å². The molecule has 0 saturated carbocycles. The third kappa shape index (κ3) is 3.21. The molecule has 8 heteroatoms. The lowest BCUT2D eigenvalue weighted by atomic mass is 10.0. The number of hydrogen-bond acceptors (Lipinski definition) is 4. The maximum Gasteiger partial charge on any atom is 0.229 e. The minimum atomic E-state index is -0.557. The third-order valence-corrected chi connectivity index (χ3v) is 4.60. The molecule has 134 valence electrons. The summed E-state index contributed by atoms with van der Waals surface area (Å²) in [5.41, 5.74) is 0.496. The molecule has 1 aromatic carbocycles. The van der Waals surface area contributed by atoms with Gasteiger partial charge in [-0.1, -0.05) is 19.9 Å². The highest BCUT2D eigenvalue weighted by Crippen LogP contribution is 2.31. The fourth-order valence-electron chi connectivity index (χ4n) is 3.02. The van der Waals surface area contributed by atoms with Crippen molar-refractivity contribution in [2.45, 2.75) is 26.3 Å². The van der Waals surface area contributed by atoms with Gasteiger partial charge in [0.1, 0.15) is 5.82 Å². The number of aliphatic hydroxyl groups excluding tert-OH is 1. The summed E-state index contributed by atoms with van der Waals surface area (Å²) >= 11 is 0. The molecule has 1 fully saturated rings. The topological polar surface area (TPSA) is 98.3 Å². The normalized spacial score (nSPS) is 19.0. The van der Waals surface area contributed by atoms with Crippen molar-refractivity contribution >= 4 is 28.5 Å². The summed E-state index contributed by atoms with van der Waals surface area (Å²) < 4.78 is 14.1. The van der Waals surface area contributed by atoms with Gasteiger partial charge >= 0.3 is 0 Å². The van der Waals surface area contributed by atoms with Crippen molar-refractivity contribution in [2.24, 2.45) is 11.8 Å². The zero-order chi connectivity index (χ0) is 18.1. The lowest BCUT2D eigenvalue weighted by Crippen LogP contribution is -2.44. The lowest BCUT2D eigenvalue weighted by molar-refractivity contribution is -0.127. The smallest absolute Gasteiger partial charge is 0.229 e. The number of aromatic nitrogens is 2. The number of carbonyl (C=O) groups excluding carboxylic acids is 2. The Hall–Kier alpha value is -2.48. The lowest BCUT2D eigenvalue weighted by Gasteiger charge is -2.22. The summed E-state index contributed by atoms with van der Waals surface area (Å²) in [6, 6.07) is 4.18. The average Bonchev–Trinajstić information content (AvgIpc) is 3.16. The molecule has 0 radical (unpaired) electrons. The molecule has 2 aromatic rings. The van der Waals surface area contributed by atoms with Gasteiger partial charge in [0.2, 0.25) is 11.8 Å². The number of anilines is 1. The molecule has 0 aliphatic carbocycles. The van der Waals surface area contributed by atoms with Crippen LogP contribution in [0.25, 0.3) is 10.9 Å². The van der Waals surface area contributed by atoms with Crippen LogP contribution in [0.3, 0.4) is 0 Å². The molecule has 3 N–H and O–H groups in total. The summed E-state index contributed by atoms with van der Waals surface area (Å²) in [6.07, 6.45) is 0.0326. The number of nitrogens with one attached hydrogen (secondary N) is 2. The van der Waals surface area contributed by atoms with Crippen LogP contribution >= 0.6 is 0 Å². The van der Waals surface area contributed by atoms with E-state index in [0.29, 0.717) is 5.52 Å². The summed E-state index contributed by atoms with van der Waals surface area (Å²) in [5, 5.41) is 19.1. The number of halogens is 1. The Labute approximate surface area is 144 Å². The summed E-state index contributed by atoms with van der Waals surface area (Å²) in [7, 11) is 0. The largest absolute Gasteiger partial charge is 0.394 e. The molecular formula is C17H21FN4O3. The molecule has 1 aromatic heterocycles. The highest BCUT2D eigenvalue weighted by atomic mass is 19.1. The van der Waals surface area contributed by atoms with Crippen LogP contribution in [0.15, 0.2) is 18.2 Å². The van der Waals surface area contributed by atoms with E-state index in [1.165, 1.54) is 11.0 Å². The van der Waals surface area contributed by atoms with Crippen LogP contribution < -0.4 is 10.2 Å². The predicted octanol–water partition coefficient (Wildman–Crippen LogP) is 1.19. The molecule has 2 atom stereocenters. The Morgan fingerprint density at radius 3 is 2.96 bits per heavy atom. The van der Waals surface area contributed by atoms with Crippen LogP contribution in [0, 0.1) is 17.7 Å². The second kappa shape index (κ2) is 6.79. The van der Waals surface area contributed by atoms with E-state index in [2.05, 4.69) is 15.5 Å². The number of aliphatic hydroxyl groups is 1. The van der Waals surface area contributed by atoms with Gasteiger partial charge in [-0.3, -0.25) is 19.6 Å². The Balaban J connectivity index is 1.79. The van der Waals surface area contributed by atoms with Gasteiger partial charge in [-0.2, -0.15) is 5.10 Å². The minimum Gasteiger partial charge on any atom is -0.394 e. The number of hydrogen-bond donors (Lipinski definition) is 3. The number of benzene rings is 1. The molecule has 0 bridgehead atoms. The number of fused-ring (bicyclic) bond motifs is 1. The van der Waals surface area contributed by atoms with Crippen molar-refractivity contribution < 1.29 is 19.1 Å². The molecule has 25 heavy (non-hydrogen) atoms. The average molecular weight is 348 g/mol. The van der Waals surface area contributed by atoms with E-state index >= 15 is 0 Å². The molecule has 2 heterocycles. The highest BCUT2D eigenvalue weighted by Gasteiger charge is 2.38. The molecule has 3 rings (SSSR count). The van der Waals surface area contributed by atoms with Gasteiger partial charge in [0.25, 0.3) is 0 Å². The second-order valence-corrected chi connectivity index (χ2v) is 6.66. The van der Waals surface area contributed by atoms with Crippen molar-refractivity contribution in [1.82, 2.24) is 15.5 Å². The first-order chi connectivity index (χ1) is 11.9. The van der Waals surface area contributed by atoms with Crippen molar-refractivity contribution in [3.05, 3.63) is 24.0 Å². The first-order valence-corrected chi connectivity index (χ1v) is 8.26. The molecule has 1 aliphatic heterocycles. The molecular weight excluding hydrogens is 327 g/mol. The van der Waals surface area contributed by atoms with Crippen LogP contribution in [0.2, 0.25) is 0 Å². The fraction of sp³-hybridized carbons (Fsp3) is 0.471. The quantitative estimate of drug-likeness (QED) is 0.756. The zero-order valence-electron chi connectivity index (χ0n) is 14.1. The summed E-state index contributed by atoms with van der Waals surface area (Å²) in [4.78, 5) is 26.1. The molecule has 1 aliphatic rings. The van der Waals surface area contributed by atoms with Crippen molar-refractivity contribution in [3.8, 4) is 0 Å². The van der Waals surface area contributed by atoms with Gasteiger partial charge in [0.15, 0.2) is 5.82 Å². The van der Waals surface area contributed by atoms with Crippen molar-refractivity contribution in [1.29, 1.82) is 0 Å². The van der Waals surface area contributed by atoms with Gasteiger partial charge in [-0.05, 0) is 18.1 Å². The Morgan fingerprint density at radius 1 is 1.52 bits per heavy atom. The van der Waals surface area contributed by atoms with Crippen molar-refractivity contribution in [3.63, 3.8) is 0 Å². The molecule has 0 spiro atoms. The van der Waals surface area contributed by atoms with E-state index < -0.39 is 11.7 Å². The number of rotatable bonds is 5. The molecule has 7 nitrogen and oxygen atoms in total. The number of nitrogens with zero attached hydrogens (tertiary/aromatic N) is 2. The van der Waals surface area contributed by atoms with Gasteiger partial charge in [0.05, 0.1) is 29.5 Å². The molecule has 0 unspecified atom stereocenters.